The standard InChI is InChI=1S/C22H20F2N2O3S/c1-14-6-9-19(10-7-14)30(28,29)26-18-5-3-4-16(12-18)22(27)25-15(2)20-11-8-17(23)13-21(20)24/h3-13,15,26H,1-2H3,(H,25,27). The number of sulfonamides is 1. The number of anilines is 1. The summed E-state index contributed by atoms with van der Waals surface area (Å²) >= 11 is 0. The van der Waals surface area contributed by atoms with Crippen LogP contribution in [-0.4, -0.2) is 14.3 Å². The summed E-state index contributed by atoms with van der Waals surface area (Å²) in [4.78, 5) is 12.6. The maximum Gasteiger partial charge on any atom is 0.261 e. The van der Waals surface area contributed by atoms with E-state index in [1.807, 2.05) is 6.92 Å². The third kappa shape index (κ3) is 5.01. The fourth-order valence-electron chi connectivity index (χ4n) is 2.87. The molecule has 0 radical (unpaired) electrons. The minimum absolute atomic E-state index is 0.100. The summed E-state index contributed by atoms with van der Waals surface area (Å²) in [6.07, 6.45) is 0. The van der Waals surface area contributed by atoms with Gasteiger partial charge in [0.2, 0.25) is 0 Å². The van der Waals surface area contributed by atoms with Crippen molar-refractivity contribution < 1.29 is 22.0 Å². The summed E-state index contributed by atoms with van der Waals surface area (Å²) in [6, 6.07) is 14.7. The van der Waals surface area contributed by atoms with Gasteiger partial charge in [-0.25, -0.2) is 17.2 Å². The second-order valence-electron chi connectivity index (χ2n) is 6.86. The highest BCUT2D eigenvalue weighted by Crippen LogP contribution is 2.20. The Balaban J connectivity index is 1.76. The zero-order valence-electron chi connectivity index (χ0n) is 16.3. The van der Waals surface area contributed by atoms with Crippen molar-refractivity contribution in [1.82, 2.24) is 5.32 Å². The van der Waals surface area contributed by atoms with Gasteiger partial charge in [0, 0.05) is 22.9 Å². The molecule has 0 fully saturated rings. The molecule has 0 spiro atoms. The molecule has 3 rings (SSSR count). The maximum absolute atomic E-state index is 13.9. The van der Waals surface area contributed by atoms with Crippen LogP contribution in [0.5, 0.6) is 0 Å². The lowest BCUT2D eigenvalue weighted by atomic mass is 10.1. The van der Waals surface area contributed by atoms with Crippen molar-refractivity contribution in [3.8, 4) is 0 Å². The van der Waals surface area contributed by atoms with Crippen LogP contribution in [0.4, 0.5) is 14.5 Å². The zero-order chi connectivity index (χ0) is 21.9. The first-order chi connectivity index (χ1) is 14.2. The zero-order valence-corrected chi connectivity index (χ0v) is 17.1. The number of aryl methyl sites for hydroxylation is 1. The highest BCUT2D eigenvalue weighted by Gasteiger charge is 2.17. The Morgan fingerprint density at radius 2 is 1.67 bits per heavy atom. The summed E-state index contributed by atoms with van der Waals surface area (Å²) in [5.41, 5.74) is 1.47. The summed E-state index contributed by atoms with van der Waals surface area (Å²) in [7, 11) is -3.82. The molecule has 0 aliphatic heterocycles. The van der Waals surface area contributed by atoms with Crippen molar-refractivity contribution in [3.63, 3.8) is 0 Å². The fraction of sp³-hybridized carbons (Fsp3) is 0.136. The van der Waals surface area contributed by atoms with Crippen LogP contribution >= 0.6 is 0 Å². The molecule has 0 saturated carbocycles. The second-order valence-corrected chi connectivity index (χ2v) is 8.54. The summed E-state index contributed by atoms with van der Waals surface area (Å²) in [6.45, 7) is 3.42. The van der Waals surface area contributed by atoms with Crippen LogP contribution in [0, 0.1) is 18.6 Å². The Morgan fingerprint density at radius 3 is 2.33 bits per heavy atom. The number of benzene rings is 3. The van der Waals surface area contributed by atoms with Gasteiger partial charge in [-0.1, -0.05) is 29.8 Å². The van der Waals surface area contributed by atoms with Crippen LogP contribution in [0.1, 0.15) is 34.5 Å². The van der Waals surface area contributed by atoms with Gasteiger partial charge < -0.3 is 5.32 Å². The van der Waals surface area contributed by atoms with Gasteiger partial charge in [0.1, 0.15) is 11.6 Å². The molecule has 0 aromatic heterocycles. The summed E-state index contributed by atoms with van der Waals surface area (Å²) in [5, 5.41) is 2.62. The molecule has 0 aliphatic carbocycles. The Kier molecular flexibility index (Phi) is 6.17. The molecular weight excluding hydrogens is 410 g/mol. The molecule has 2 N–H and O–H groups in total. The molecule has 1 amide bonds. The van der Waals surface area contributed by atoms with Crippen LogP contribution in [0.2, 0.25) is 0 Å². The molecule has 5 nitrogen and oxygen atoms in total. The van der Waals surface area contributed by atoms with Gasteiger partial charge >= 0.3 is 0 Å². The molecule has 30 heavy (non-hydrogen) atoms. The van der Waals surface area contributed by atoms with Gasteiger partial charge in [-0.2, -0.15) is 0 Å². The van der Waals surface area contributed by atoms with E-state index >= 15 is 0 Å². The number of nitrogens with one attached hydrogen (secondary N) is 2. The molecule has 3 aromatic rings. The molecule has 8 heteroatoms. The Morgan fingerprint density at radius 1 is 0.967 bits per heavy atom. The van der Waals surface area contributed by atoms with Crippen LogP contribution in [-0.2, 0) is 10.0 Å². The van der Waals surface area contributed by atoms with Gasteiger partial charge in [-0.05, 0) is 50.2 Å². The normalized spacial score (nSPS) is 12.3. The molecular formula is C22H20F2N2O3S. The van der Waals surface area contributed by atoms with Crippen molar-refractivity contribution in [2.24, 2.45) is 0 Å². The fourth-order valence-corrected chi connectivity index (χ4v) is 3.92. The molecule has 0 aliphatic rings. The quantitative estimate of drug-likeness (QED) is 0.602. The van der Waals surface area contributed by atoms with Gasteiger partial charge in [0.05, 0.1) is 10.9 Å². The Labute approximate surface area is 173 Å². The third-order valence-corrected chi connectivity index (χ3v) is 5.88. The first-order valence-electron chi connectivity index (χ1n) is 9.11. The predicted molar refractivity (Wildman–Crippen MR) is 111 cm³/mol. The maximum atomic E-state index is 13.9. The average Bonchev–Trinajstić information content (AvgIpc) is 2.68. The highest BCUT2D eigenvalue weighted by atomic mass is 32.2. The van der Waals surface area contributed by atoms with Gasteiger partial charge in [0.15, 0.2) is 0 Å². The molecule has 0 saturated heterocycles. The van der Waals surface area contributed by atoms with Crippen molar-refractivity contribution in [2.45, 2.75) is 24.8 Å². The lowest BCUT2D eigenvalue weighted by Crippen LogP contribution is -2.27. The number of hydrogen-bond acceptors (Lipinski definition) is 3. The average molecular weight is 430 g/mol. The van der Waals surface area contributed by atoms with E-state index in [-0.39, 0.29) is 21.7 Å². The molecule has 3 aromatic carbocycles. The summed E-state index contributed by atoms with van der Waals surface area (Å²) in [5.74, 6) is -1.99. The SMILES string of the molecule is Cc1ccc(S(=O)(=O)Nc2cccc(C(=O)NC(C)c3ccc(F)cc3F)c2)cc1. The number of amides is 1. The predicted octanol–water partition coefficient (Wildman–Crippen LogP) is 4.57. The van der Waals surface area contributed by atoms with E-state index in [1.54, 1.807) is 19.1 Å². The van der Waals surface area contributed by atoms with Crippen molar-refractivity contribution in [2.75, 3.05) is 4.72 Å². The largest absolute Gasteiger partial charge is 0.345 e. The van der Waals surface area contributed by atoms with Crippen LogP contribution in [0.3, 0.4) is 0 Å². The lowest BCUT2D eigenvalue weighted by Gasteiger charge is -2.16. The first-order valence-corrected chi connectivity index (χ1v) is 10.6. The van der Waals surface area contributed by atoms with Crippen LogP contribution in [0.15, 0.2) is 71.6 Å². The van der Waals surface area contributed by atoms with E-state index in [2.05, 4.69) is 10.0 Å². The Bertz CT molecular complexity index is 1180. The number of halogens is 2. The van der Waals surface area contributed by atoms with Crippen molar-refractivity contribution >= 4 is 21.6 Å². The molecule has 0 bridgehead atoms. The van der Waals surface area contributed by atoms with E-state index in [9.17, 15) is 22.0 Å². The molecule has 1 unspecified atom stereocenters. The Hall–Kier alpha value is -3.26. The first kappa shape index (κ1) is 21.4. The molecule has 1 atom stereocenters. The van der Waals surface area contributed by atoms with E-state index in [0.717, 1.165) is 17.7 Å². The lowest BCUT2D eigenvalue weighted by molar-refractivity contribution is 0.0939. The van der Waals surface area contributed by atoms with Crippen LogP contribution in [0.25, 0.3) is 0 Å². The minimum atomic E-state index is -3.82. The number of carbonyl (C=O) groups excluding carboxylic acids is 1. The highest BCUT2D eigenvalue weighted by molar-refractivity contribution is 7.92. The number of hydrogen-bond donors (Lipinski definition) is 2. The topological polar surface area (TPSA) is 75.3 Å². The second kappa shape index (κ2) is 8.62. The molecule has 156 valence electrons. The smallest absolute Gasteiger partial charge is 0.261 e. The van der Waals surface area contributed by atoms with Gasteiger partial charge in [-0.3, -0.25) is 9.52 Å². The van der Waals surface area contributed by atoms with Gasteiger partial charge in [-0.15, -0.1) is 0 Å². The van der Waals surface area contributed by atoms with E-state index in [1.165, 1.54) is 42.5 Å². The minimum Gasteiger partial charge on any atom is -0.345 e. The summed E-state index contributed by atoms with van der Waals surface area (Å²) < 4.78 is 54.5. The van der Waals surface area contributed by atoms with Crippen LogP contribution < -0.4 is 10.0 Å². The van der Waals surface area contributed by atoms with E-state index in [4.69, 9.17) is 0 Å². The molecule has 0 heterocycles. The number of carbonyl (C=O) groups is 1. The van der Waals surface area contributed by atoms with Crippen molar-refractivity contribution in [1.29, 1.82) is 0 Å². The third-order valence-electron chi connectivity index (χ3n) is 4.48. The number of rotatable bonds is 6. The van der Waals surface area contributed by atoms with Gasteiger partial charge in [0.25, 0.3) is 15.9 Å². The monoisotopic (exact) mass is 430 g/mol. The van der Waals surface area contributed by atoms with E-state index < -0.39 is 33.6 Å². The van der Waals surface area contributed by atoms with E-state index in [0.29, 0.717) is 0 Å². The van der Waals surface area contributed by atoms with Crippen molar-refractivity contribution in [3.05, 3.63) is 95.1 Å².